The van der Waals surface area contributed by atoms with E-state index in [0.29, 0.717) is 17.7 Å². The second-order valence-corrected chi connectivity index (χ2v) is 5.26. The zero-order valence-electron chi connectivity index (χ0n) is 11.0. The predicted molar refractivity (Wildman–Crippen MR) is 81.2 cm³/mol. The molecule has 0 aliphatic rings. The van der Waals surface area contributed by atoms with Gasteiger partial charge in [-0.2, -0.15) is 5.26 Å². The molecule has 1 N–H and O–H groups in total. The van der Waals surface area contributed by atoms with Crippen molar-refractivity contribution in [3.05, 3.63) is 69.2 Å². The van der Waals surface area contributed by atoms with Gasteiger partial charge in [-0.3, -0.25) is 4.79 Å². The lowest BCUT2D eigenvalue weighted by Crippen LogP contribution is -2.23. The topological polar surface area (TPSA) is 52.9 Å². The number of nitriles is 1. The fourth-order valence-electron chi connectivity index (χ4n) is 1.83. The minimum atomic E-state index is -0.104. The molecule has 0 radical (unpaired) electrons. The molecule has 1 amide bonds. The minimum Gasteiger partial charge on any atom is -0.348 e. The Kier molecular flexibility index (Phi) is 4.54. The lowest BCUT2D eigenvalue weighted by atomic mass is 10.1. The molecule has 0 aliphatic heterocycles. The molecule has 0 saturated heterocycles. The third-order valence-electron chi connectivity index (χ3n) is 3.05. The van der Waals surface area contributed by atoms with Gasteiger partial charge < -0.3 is 5.32 Å². The standard InChI is InChI=1S/C16H13BrN2O/c1-11-14(3-2-4-15(11)17)16(20)19-10-13-7-5-12(9-18)6-8-13/h2-8H,10H2,1H3,(H,19,20). The first kappa shape index (κ1) is 14.3. The molecule has 3 nitrogen and oxygen atoms in total. The lowest BCUT2D eigenvalue weighted by Gasteiger charge is -2.09. The van der Waals surface area contributed by atoms with Crippen LogP contribution in [0.15, 0.2) is 46.9 Å². The van der Waals surface area contributed by atoms with E-state index in [0.717, 1.165) is 15.6 Å². The van der Waals surface area contributed by atoms with Gasteiger partial charge in [0.05, 0.1) is 11.6 Å². The molecule has 2 aromatic carbocycles. The molecule has 0 spiro atoms. The fraction of sp³-hybridized carbons (Fsp3) is 0.125. The molecular weight excluding hydrogens is 316 g/mol. The second-order valence-electron chi connectivity index (χ2n) is 4.40. The summed E-state index contributed by atoms with van der Waals surface area (Å²) in [6.45, 7) is 2.34. The largest absolute Gasteiger partial charge is 0.348 e. The molecule has 100 valence electrons. The highest BCUT2D eigenvalue weighted by Crippen LogP contribution is 2.19. The molecule has 2 rings (SSSR count). The Bertz CT molecular complexity index is 672. The molecule has 0 fully saturated rings. The van der Waals surface area contributed by atoms with Gasteiger partial charge in [0.25, 0.3) is 5.91 Å². The number of nitrogens with zero attached hydrogens (tertiary/aromatic N) is 1. The van der Waals surface area contributed by atoms with E-state index in [1.165, 1.54) is 0 Å². The van der Waals surface area contributed by atoms with Crippen molar-refractivity contribution < 1.29 is 4.79 Å². The van der Waals surface area contributed by atoms with E-state index in [1.807, 2.05) is 31.2 Å². The molecule has 0 unspecified atom stereocenters. The van der Waals surface area contributed by atoms with Crippen molar-refractivity contribution in [2.24, 2.45) is 0 Å². The molecule has 20 heavy (non-hydrogen) atoms. The molecule has 0 aromatic heterocycles. The average Bonchev–Trinajstić information content (AvgIpc) is 2.48. The third kappa shape index (κ3) is 3.25. The van der Waals surface area contributed by atoms with E-state index in [-0.39, 0.29) is 5.91 Å². The van der Waals surface area contributed by atoms with E-state index < -0.39 is 0 Å². The number of carbonyl (C=O) groups excluding carboxylic acids is 1. The van der Waals surface area contributed by atoms with Crippen LogP contribution in [0.5, 0.6) is 0 Å². The van der Waals surface area contributed by atoms with Crippen molar-refractivity contribution >= 4 is 21.8 Å². The number of nitrogens with one attached hydrogen (secondary N) is 1. The highest BCUT2D eigenvalue weighted by Gasteiger charge is 2.10. The van der Waals surface area contributed by atoms with Crippen molar-refractivity contribution in [1.82, 2.24) is 5.32 Å². The first-order valence-electron chi connectivity index (χ1n) is 6.14. The molecule has 4 heteroatoms. The normalized spacial score (nSPS) is 9.85. The Labute approximate surface area is 126 Å². The Morgan fingerprint density at radius 3 is 2.60 bits per heavy atom. The maximum atomic E-state index is 12.1. The van der Waals surface area contributed by atoms with Gasteiger partial charge in [0.2, 0.25) is 0 Å². The van der Waals surface area contributed by atoms with Crippen LogP contribution in [0.25, 0.3) is 0 Å². The lowest BCUT2D eigenvalue weighted by molar-refractivity contribution is 0.0950. The van der Waals surface area contributed by atoms with Crippen LogP contribution in [0.1, 0.15) is 27.0 Å². The first-order valence-corrected chi connectivity index (χ1v) is 6.93. The highest BCUT2D eigenvalue weighted by atomic mass is 79.9. The number of benzene rings is 2. The summed E-state index contributed by atoms with van der Waals surface area (Å²) in [7, 11) is 0. The van der Waals surface area contributed by atoms with Gasteiger partial charge in [-0.1, -0.05) is 34.1 Å². The Morgan fingerprint density at radius 1 is 1.25 bits per heavy atom. The molecular formula is C16H13BrN2O. The quantitative estimate of drug-likeness (QED) is 0.936. The van der Waals surface area contributed by atoms with Crippen LogP contribution >= 0.6 is 15.9 Å². The van der Waals surface area contributed by atoms with Crippen LogP contribution in [-0.2, 0) is 6.54 Å². The molecule has 0 heterocycles. The zero-order valence-corrected chi connectivity index (χ0v) is 12.6. The molecule has 2 aromatic rings. The summed E-state index contributed by atoms with van der Waals surface area (Å²) in [6, 6.07) is 14.8. The summed E-state index contributed by atoms with van der Waals surface area (Å²) < 4.78 is 0.920. The number of halogens is 1. The molecule has 0 saturated carbocycles. The van der Waals surface area contributed by atoms with E-state index in [2.05, 4.69) is 27.3 Å². The van der Waals surface area contributed by atoms with Gasteiger partial charge in [0, 0.05) is 16.6 Å². The monoisotopic (exact) mass is 328 g/mol. The van der Waals surface area contributed by atoms with E-state index in [4.69, 9.17) is 5.26 Å². The number of rotatable bonds is 3. The number of carbonyl (C=O) groups is 1. The minimum absolute atomic E-state index is 0.104. The Hall–Kier alpha value is -2.12. The SMILES string of the molecule is Cc1c(Br)cccc1C(=O)NCc1ccc(C#N)cc1. The molecule has 0 atom stereocenters. The fourth-order valence-corrected chi connectivity index (χ4v) is 2.19. The highest BCUT2D eigenvalue weighted by molar-refractivity contribution is 9.10. The van der Waals surface area contributed by atoms with Crippen molar-refractivity contribution in [2.45, 2.75) is 13.5 Å². The maximum Gasteiger partial charge on any atom is 0.251 e. The van der Waals surface area contributed by atoms with Crippen LogP contribution in [0.3, 0.4) is 0 Å². The Balaban J connectivity index is 2.05. The summed E-state index contributed by atoms with van der Waals surface area (Å²) in [5.41, 5.74) is 3.16. The van der Waals surface area contributed by atoms with Crippen molar-refractivity contribution in [1.29, 1.82) is 5.26 Å². The van der Waals surface area contributed by atoms with Gasteiger partial charge in [-0.15, -0.1) is 0 Å². The van der Waals surface area contributed by atoms with Crippen LogP contribution in [0, 0.1) is 18.3 Å². The summed E-state index contributed by atoms with van der Waals surface area (Å²) >= 11 is 3.42. The molecule has 0 bridgehead atoms. The Morgan fingerprint density at radius 2 is 1.95 bits per heavy atom. The van der Waals surface area contributed by atoms with Crippen LogP contribution < -0.4 is 5.32 Å². The van der Waals surface area contributed by atoms with E-state index >= 15 is 0 Å². The average molecular weight is 329 g/mol. The van der Waals surface area contributed by atoms with Crippen LogP contribution in [0.2, 0.25) is 0 Å². The summed E-state index contributed by atoms with van der Waals surface area (Å²) in [4.78, 5) is 12.1. The van der Waals surface area contributed by atoms with Gasteiger partial charge in [-0.25, -0.2) is 0 Å². The van der Waals surface area contributed by atoms with E-state index in [9.17, 15) is 4.79 Å². The maximum absolute atomic E-state index is 12.1. The smallest absolute Gasteiger partial charge is 0.251 e. The second kappa shape index (κ2) is 6.36. The molecule has 0 aliphatic carbocycles. The third-order valence-corrected chi connectivity index (χ3v) is 3.91. The number of hydrogen-bond donors (Lipinski definition) is 1. The zero-order chi connectivity index (χ0) is 14.5. The summed E-state index contributed by atoms with van der Waals surface area (Å²) in [6.07, 6.45) is 0. The van der Waals surface area contributed by atoms with Gasteiger partial charge >= 0.3 is 0 Å². The van der Waals surface area contributed by atoms with Crippen molar-refractivity contribution in [3.8, 4) is 6.07 Å². The van der Waals surface area contributed by atoms with Gasteiger partial charge in [-0.05, 0) is 42.3 Å². The summed E-state index contributed by atoms with van der Waals surface area (Å²) in [5, 5.41) is 11.6. The van der Waals surface area contributed by atoms with Crippen LogP contribution in [-0.4, -0.2) is 5.91 Å². The van der Waals surface area contributed by atoms with Crippen molar-refractivity contribution in [3.63, 3.8) is 0 Å². The van der Waals surface area contributed by atoms with Crippen LogP contribution in [0.4, 0.5) is 0 Å². The predicted octanol–water partition coefficient (Wildman–Crippen LogP) is 3.56. The van der Waals surface area contributed by atoms with Gasteiger partial charge in [0.1, 0.15) is 0 Å². The number of amides is 1. The first-order chi connectivity index (χ1) is 9.61. The number of hydrogen-bond acceptors (Lipinski definition) is 2. The van der Waals surface area contributed by atoms with Crippen molar-refractivity contribution in [2.75, 3.05) is 0 Å². The van der Waals surface area contributed by atoms with Gasteiger partial charge in [0.15, 0.2) is 0 Å². The van der Waals surface area contributed by atoms with E-state index in [1.54, 1.807) is 18.2 Å². The summed E-state index contributed by atoms with van der Waals surface area (Å²) in [5.74, 6) is -0.104.